The first kappa shape index (κ1) is 24.9. The lowest BCUT2D eigenvalue weighted by molar-refractivity contribution is 0.0730. The van der Waals surface area contributed by atoms with Crippen molar-refractivity contribution in [2.45, 2.75) is 44.4 Å². The number of hydrogen-bond acceptors (Lipinski definition) is 6. The molecule has 0 unspecified atom stereocenters. The van der Waals surface area contributed by atoms with Crippen LogP contribution in [-0.2, 0) is 14.8 Å². The number of amides is 1. The summed E-state index contributed by atoms with van der Waals surface area (Å²) in [6, 6.07) is 6.80. The van der Waals surface area contributed by atoms with Crippen LogP contribution in [0.25, 0.3) is 0 Å². The molecule has 0 atom stereocenters. The maximum absolute atomic E-state index is 13.3. The molecule has 1 amide bonds. The molecule has 2 saturated heterocycles. The Hall–Kier alpha value is -2.20. The number of aryl methyl sites for hydroxylation is 2. The van der Waals surface area contributed by atoms with Crippen LogP contribution in [0.1, 0.15) is 47.3 Å². The fourth-order valence-electron chi connectivity index (χ4n) is 4.55. The van der Waals surface area contributed by atoms with Crippen LogP contribution < -0.4 is 10.2 Å². The quantitative estimate of drug-likeness (QED) is 0.616. The third-order valence-electron chi connectivity index (χ3n) is 6.30. The Bertz CT molecular complexity index is 1130. The van der Waals surface area contributed by atoms with E-state index in [1.165, 1.54) is 4.31 Å². The average molecular weight is 507 g/mol. The number of morpholine rings is 1. The van der Waals surface area contributed by atoms with Crippen molar-refractivity contribution in [3.63, 3.8) is 0 Å². The van der Waals surface area contributed by atoms with Crippen molar-refractivity contribution < 1.29 is 17.9 Å². The van der Waals surface area contributed by atoms with Crippen LogP contribution in [0.3, 0.4) is 0 Å². The van der Waals surface area contributed by atoms with Crippen molar-refractivity contribution >= 4 is 38.9 Å². The number of ether oxygens (including phenoxy) is 1. The van der Waals surface area contributed by atoms with Gasteiger partial charge in [-0.1, -0.05) is 24.4 Å². The highest BCUT2D eigenvalue weighted by molar-refractivity contribution is 7.89. The van der Waals surface area contributed by atoms with E-state index in [1.54, 1.807) is 24.3 Å². The molecule has 2 fully saturated rings. The molecule has 3 heterocycles. The zero-order valence-corrected chi connectivity index (χ0v) is 21.2. The average Bonchev–Trinajstić information content (AvgIpc) is 3.08. The summed E-state index contributed by atoms with van der Waals surface area (Å²) in [5, 5.41) is 3.08. The molecule has 0 bridgehead atoms. The summed E-state index contributed by atoms with van der Waals surface area (Å²) in [5.74, 6) is -0.410. The van der Waals surface area contributed by atoms with E-state index < -0.39 is 15.9 Å². The highest BCUT2D eigenvalue weighted by atomic mass is 35.5. The van der Waals surface area contributed by atoms with Gasteiger partial charge >= 0.3 is 0 Å². The second-order valence-corrected chi connectivity index (χ2v) is 11.1. The molecule has 0 spiro atoms. The van der Waals surface area contributed by atoms with Gasteiger partial charge in [0.2, 0.25) is 10.0 Å². The van der Waals surface area contributed by atoms with E-state index in [1.807, 2.05) is 13.8 Å². The van der Waals surface area contributed by atoms with E-state index in [2.05, 4.69) is 15.2 Å². The molecule has 2 aromatic rings. The number of carbonyl (C=O) groups is 1. The molecule has 34 heavy (non-hydrogen) atoms. The van der Waals surface area contributed by atoms with Gasteiger partial charge < -0.3 is 15.0 Å². The topological polar surface area (TPSA) is 91.8 Å². The first-order valence-corrected chi connectivity index (χ1v) is 13.5. The minimum Gasteiger partial charge on any atom is -0.379 e. The summed E-state index contributed by atoms with van der Waals surface area (Å²) in [6.45, 7) is 6.68. The van der Waals surface area contributed by atoms with Gasteiger partial charge in [-0.3, -0.25) is 4.79 Å². The SMILES string of the molecule is Cc1cc(C)c(C(=O)Nc2cc(S(=O)(=O)N3CCOCC3)ccc2N2CCCCCC2)c(Cl)n1. The lowest BCUT2D eigenvalue weighted by atomic mass is 10.1. The van der Waals surface area contributed by atoms with Gasteiger partial charge in [0.05, 0.1) is 35.0 Å². The van der Waals surface area contributed by atoms with Gasteiger partial charge in [0.1, 0.15) is 5.15 Å². The van der Waals surface area contributed by atoms with Crippen LogP contribution >= 0.6 is 11.6 Å². The number of nitrogens with one attached hydrogen (secondary N) is 1. The number of benzene rings is 1. The van der Waals surface area contributed by atoms with Crippen molar-refractivity contribution in [3.8, 4) is 0 Å². The Morgan fingerprint density at radius 3 is 2.35 bits per heavy atom. The molecule has 184 valence electrons. The summed E-state index contributed by atoms with van der Waals surface area (Å²) in [5.41, 5.74) is 2.99. The molecule has 8 nitrogen and oxygen atoms in total. The van der Waals surface area contributed by atoms with Gasteiger partial charge in [-0.2, -0.15) is 4.31 Å². The zero-order valence-electron chi connectivity index (χ0n) is 19.6. The number of nitrogens with zero attached hydrogens (tertiary/aromatic N) is 3. The largest absolute Gasteiger partial charge is 0.379 e. The Labute approximate surface area is 206 Å². The van der Waals surface area contributed by atoms with Crippen LogP contribution in [0.2, 0.25) is 5.15 Å². The van der Waals surface area contributed by atoms with Gasteiger partial charge in [-0.05, 0) is 56.5 Å². The molecular formula is C24H31ClN4O4S. The summed E-state index contributed by atoms with van der Waals surface area (Å²) in [6.07, 6.45) is 4.42. The van der Waals surface area contributed by atoms with E-state index >= 15 is 0 Å². The standard InChI is InChI=1S/C24H31ClN4O4S/c1-17-15-18(2)26-23(25)22(17)24(30)27-20-16-19(34(31,32)29-11-13-33-14-12-29)7-8-21(20)28-9-5-3-4-6-10-28/h7-8,15-16H,3-6,9-14H2,1-2H3,(H,27,30). The number of hydrogen-bond donors (Lipinski definition) is 1. The summed E-state index contributed by atoms with van der Waals surface area (Å²) < 4.78 is 33.3. The predicted octanol–water partition coefficient (Wildman–Crippen LogP) is 4.01. The van der Waals surface area contributed by atoms with Gasteiger partial charge in [-0.25, -0.2) is 13.4 Å². The normalized spacial score (nSPS) is 17.9. The second kappa shape index (κ2) is 10.6. The highest BCUT2D eigenvalue weighted by Crippen LogP contribution is 2.33. The van der Waals surface area contributed by atoms with Gasteiger partial charge in [0.15, 0.2) is 0 Å². The highest BCUT2D eigenvalue weighted by Gasteiger charge is 2.28. The Morgan fingerprint density at radius 2 is 1.71 bits per heavy atom. The number of halogens is 1. The maximum Gasteiger partial charge on any atom is 0.259 e. The summed E-state index contributed by atoms with van der Waals surface area (Å²) in [7, 11) is -3.72. The molecule has 2 aliphatic heterocycles. The molecule has 1 N–H and O–H groups in total. The first-order valence-electron chi connectivity index (χ1n) is 11.7. The van der Waals surface area contributed by atoms with E-state index in [4.69, 9.17) is 16.3 Å². The third-order valence-corrected chi connectivity index (χ3v) is 8.47. The van der Waals surface area contributed by atoms with Gasteiger partial charge in [0.25, 0.3) is 5.91 Å². The molecule has 0 aliphatic carbocycles. The molecule has 4 rings (SSSR count). The maximum atomic E-state index is 13.3. The van der Waals surface area contributed by atoms with E-state index in [0.29, 0.717) is 37.6 Å². The first-order chi connectivity index (χ1) is 16.3. The Balaban J connectivity index is 1.73. The molecule has 10 heteroatoms. The van der Waals surface area contributed by atoms with Crippen LogP contribution in [0, 0.1) is 13.8 Å². The number of aromatic nitrogens is 1. The van der Waals surface area contributed by atoms with Gasteiger partial charge in [0, 0.05) is 31.9 Å². The minimum atomic E-state index is -3.72. The minimum absolute atomic E-state index is 0.128. The summed E-state index contributed by atoms with van der Waals surface area (Å²) >= 11 is 6.31. The van der Waals surface area contributed by atoms with Crippen LogP contribution in [-0.4, -0.2) is 63.0 Å². The lowest BCUT2D eigenvalue weighted by Gasteiger charge is -2.28. The number of carbonyl (C=O) groups excluding carboxylic acids is 1. The molecule has 0 saturated carbocycles. The molecular weight excluding hydrogens is 476 g/mol. The fourth-order valence-corrected chi connectivity index (χ4v) is 6.35. The monoisotopic (exact) mass is 506 g/mol. The summed E-state index contributed by atoms with van der Waals surface area (Å²) in [4.78, 5) is 19.9. The van der Waals surface area contributed by atoms with Crippen molar-refractivity contribution in [2.75, 3.05) is 49.6 Å². The third kappa shape index (κ3) is 5.38. The van der Waals surface area contributed by atoms with Crippen LogP contribution in [0.4, 0.5) is 11.4 Å². The molecule has 0 radical (unpaired) electrons. The van der Waals surface area contributed by atoms with Crippen molar-refractivity contribution in [3.05, 3.63) is 46.2 Å². The second-order valence-electron chi connectivity index (χ2n) is 8.80. The Kier molecular flexibility index (Phi) is 7.77. The predicted molar refractivity (Wildman–Crippen MR) is 133 cm³/mol. The molecule has 2 aliphatic rings. The number of rotatable bonds is 5. The smallest absolute Gasteiger partial charge is 0.259 e. The van der Waals surface area contributed by atoms with Crippen LogP contribution in [0.5, 0.6) is 0 Å². The Morgan fingerprint density at radius 1 is 1.03 bits per heavy atom. The zero-order chi connectivity index (χ0) is 24.3. The van der Waals surface area contributed by atoms with Crippen molar-refractivity contribution in [1.29, 1.82) is 0 Å². The number of anilines is 2. The number of pyridine rings is 1. The molecule has 1 aromatic carbocycles. The van der Waals surface area contributed by atoms with E-state index in [9.17, 15) is 13.2 Å². The lowest BCUT2D eigenvalue weighted by Crippen LogP contribution is -2.40. The van der Waals surface area contributed by atoms with Gasteiger partial charge in [-0.15, -0.1) is 0 Å². The van der Waals surface area contributed by atoms with Crippen LogP contribution in [0.15, 0.2) is 29.2 Å². The number of sulfonamides is 1. The van der Waals surface area contributed by atoms with Crippen molar-refractivity contribution in [2.24, 2.45) is 0 Å². The van der Waals surface area contributed by atoms with E-state index in [0.717, 1.165) is 50.2 Å². The fraction of sp³-hybridized carbons (Fsp3) is 0.500. The van der Waals surface area contributed by atoms with Crippen molar-refractivity contribution in [1.82, 2.24) is 9.29 Å². The van der Waals surface area contributed by atoms with E-state index in [-0.39, 0.29) is 15.6 Å². The molecule has 1 aromatic heterocycles.